The fourth-order valence-corrected chi connectivity index (χ4v) is 7.53. The molecular weight excluding hydrogens is 973 g/mol. The highest BCUT2D eigenvalue weighted by Gasteiger charge is 2.19. The molecule has 438 valence electrons. The molecule has 0 bridgehead atoms. The summed E-state index contributed by atoms with van der Waals surface area (Å²) in [6.45, 7) is 6.27. The number of hydrogen-bond donors (Lipinski definition) is 0. The minimum atomic E-state index is -0.828. The molecule has 6 nitrogen and oxygen atoms in total. The summed E-state index contributed by atoms with van der Waals surface area (Å²) < 4.78 is 16.7. The van der Waals surface area contributed by atoms with Gasteiger partial charge in [0, 0.05) is 19.3 Å². The summed E-state index contributed by atoms with van der Waals surface area (Å²) >= 11 is 0. The van der Waals surface area contributed by atoms with Crippen LogP contribution >= 0.6 is 0 Å². The molecule has 0 N–H and O–H groups in total. The highest BCUT2D eigenvalue weighted by atomic mass is 16.6. The van der Waals surface area contributed by atoms with Crippen LogP contribution in [0.25, 0.3) is 0 Å². The lowest BCUT2D eigenvalue weighted by molar-refractivity contribution is -0.167. The van der Waals surface area contributed by atoms with Gasteiger partial charge < -0.3 is 14.2 Å². The zero-order chi connectivity index (χ0) is 57.1. The van der Waals surface area contributed by atoms with Crippen molar-refractivity contribution in [1.82, 2.24) is 0 Å². The molecule has 0 heterocycles. The van der Waals surface area contributed by atoms with Crippen LogP contribution < -0.4 is 0 Å². The van der Waals surface area contributed by atoms with Gasteiger partial charge in [-0.3, -0.25) is 14.4 Å². The van der Waals surface area contributed by atoms with Crippen LogP contribution in [0, 0.1) is 0 Å². The van der Waals surface area contributed by atoms with Gasteiger partial charge in [0.05, 0.1) is 0 Å². The van der Waals surface area contributed by atoms with E-state index < -0.39 is 6.10 Å². The summed E-state index contributed by atoms with van der Waals surface area (Å²) in [6, 6.07) is 0. The Morgan fingerprint density at radius 1 is 0.266 bits per heavy atom. The van der Waals surface area contributed by atoms with Crippen molar-refractivity contribution in [2.45, 2.75) is 232 Å². The number of unbranched alkanes of at least 4 members (excludes halogenated alkanes) is 10. The van der Waals surface area contributed by atoms with Gasteiger partial charge in [-0.05, 0) is 148 Å². The van der Waals surface area contributed by atoms with Gasteiger partial charge in [0.2, 0.25) is 0 Å². The molecule has 79 heavy (non-hydrogen) atoms. The number of allylic oxidation sites excluding steroid dienone is 32. The number of ether oxygens (including phenoxy) is 3. The molecule has 0 saturated heterocycles. The molecule has 1 atom stereocenters. The zero-order valence-electron chi connectivity index (χ0n) is 50.0. The predicted octanol–water partition coefficient (Wildman–Crippen LogP) is 21.4. The summed E-state index contributed by atoms with van der Waals surface area (Å²) in [6.07, 6.45) is 98.9. The Morgan fingerprint density at radius 2 is 0.494 bits per heavy atom. The predicted molar refractivity (Wildman–Crippen MR) is 343 cm³/mol. The largest absolute Gasteiger partial charge is 0.462 e. The molecule has 0 saturated carbocycles. The molecule has 1 unspecified atom stereocenters. The number of esters is 3. The van der Waals surface area contributed by atoms with Crippen LogP contribution in [-0.2, 0) is 28.6 Å². The quantitative estimate of drug-likeness (QED) is 0.0261. The van der Waals surface area contributed by atoms with E-state index in [1.807, 2.05) is 0 Å². The molecule has 0 aromatic carbocycles. The van der Waals surface area contributed by atoms with E-state index in [-0.39, 0.29) is 44.0 Å². The molecule has 0 aliphatic rings. The first-order valence-electron chi connectivity index (χ1n) is 30.9. The van der Waals surface area contributed by atoms with Crippen LogP contribution in [0.15, 0.2) is 194 Å². The minimum absolute atomic E-state index is 0.119. The van der Waals surface area contributed by atoms with Gasteiger partial charge in [-0.1, -0.05) is 254 Å². The standard InChI is InChI=1S/C73H110O6/c1-4-7-10-13-16-18-20-22-24-26-28-30-31-32-33-34-35-36-37-38-39-40-41-43-44-46-48-50-52-54-57-60-63-66-72(75)78-69-70(68-77-71(74)65-62-59-56-15-12-9-6-3)79-73(76)67-64-61-58-55-53-51-49-47-45-42-29-27-25-23-21-19-17-14-11-8-5-2/h7-8,10-11,16-19,22-25,28-30,32-33,35-36,38-39,41-43,46-49,52-55,70H,4-6,9,12-15,20-21,26-27,31,34,37,40,44-45,50-51,56-69H2,1-3H3/b10-7-,11-8-,18-16-,19-17-,24-22-,25-23-,30-28-,33-32-,36-35-,39-38-,42-29-,43-41-,48-46-,49-47-,54-52-,55-53-. The third kappa shape index (κ3) is 63.0. The van der Waals surface area contributed by atoms with E-state index in [1.165, 1.54) is 25.7 Å². The molecule has 0 spiro atoms. The Labute approximate surface area is 484 Å². The molecular formula is C73H110O6. The van der Waals surface area contributed by atoms with Crippen molar-refractivity contribution in [2.75, 3.05) is 13.2 Å². The third-order valence-corrected chi connectivity index (χ3v) is 12.1. The van der Waals surface area contributed by atoms with Crippen molar-refractivity contribution in [2.24, 2.45) is 0 Å². The van der Waals surface area contributed by atoms with Gasteiger partial charge in [-0.15, -0.1) is 0 Å². The highest BCUT2D eigenvalue weighted by Crippen LogP contribution is 2.12. The number of rotatable bonds is 53. The van der Waals surface area contributed by atoms with Gasteiger partial charge in [0.15, 0.2) is 6.10 Å². The minimum Gasteiger partial charge on any atom is -0.462 e. The van der Waals surface area contributed by atoms with E-state index in [0.29, 0.717) is 19.3 Å². The second-order valence-corrected chi connectivity index (χ2v) is 19.5. The first-order chi connectivity index (χ1) is 39.0. The summed E-state index contributed by atoms with van der Waals surface area (Å²) in [5.41, 5.74) is 0. The van der Waals surface area contributed by atoms with Crippen LogP contribution in [0.4, 0.5) is 0 Å². The monoisotopic (exact) mass is 1080 g/mol. The molecule has 0 aromatic rings. The zero-order valence-corrected chi connectivity index (χ0v) is 50.0. The Kier molecular flexibility index (Phi) is 60.1. The van der Waals surface area contributed by atoms with Gasteiger partial charge >= 0.3 is 17.9 Å². The number of carbonyl (C=O) groups excluding carboxylic acids is 3. The Morgan fingerprint density at radius 3 is 0.772 bits per heavy atom. The highest BCUT2D eigenvalue weighted by molar-refractivity contribution is 5.71. The molecule has 0 fully saturated rings. The van der Waals surface area contributed by atoms with Crippen molar-refractivity contribution >= 4 is 17.9 Å². The number of carbonyl (C=O) groups is 3. The molecule has 0 aliphatic heterocycles. The van der Waals surface area contributed by atoms with Crippen molar-refractivity contribution in [3.05, 3.63) is 194 Å². The fourth-order valence-electron chi connectivity index (χ4n) is 7.53. The van der Waals surface area contributed by atoms with E-state index in [2.05, 4.69) is 215 Å². The van der Waals surface area contributed by atoms with Crippen LogP contribution in [0.2, 0.25) is 0 Å². The lowest BCUT2D eigenvalue weighted by Gasteiger charge is -2.18. The molecule has 0 aromatic heterocycles. The molecule has 0 rings (SSSR count). The molecule has 0 aliphatic carbocycles. The van der Waals surface area contributed by atoms with Crippen molar-refractivity contribution in [1.29, 1.82) is 0 Å². The molecule has 6 heteroatoms. The maximum absolute atomic E-state index is 12.8. The Hall–Kier alpha value is -5.75. The van der Waals surface area contributed by atoms with E-state index >= 15 is 0 Å². The lowest BCUT2D eigenvalue weighted by atomic mass is 10.1. The second kappa shape index (κ2) is 64.8. The molecule has 0 amide bonds. The normalized spacial score (nSPS) is 13.5. The van der Waals surface area contributed by atoms with Crippen LogP contribution in [0.1, 0.15) is 226 Å². The van der Waals surface area contributed by atoms with E-state index in [0.717, 1.165) is 148 Å². The smallest absolute Gasteiger partial charge is 0.306 e. The Balaban J connectivity index is 4.36. The average Bonchev–Trinajstić information content (AvgIpc) is 3.45. The maximum Gasteiger partial charge on any atom is 0.306 e. The lowest BCUT2D eigenvalue weighted by Crippen LogP contribution is -2.30. The number of hydrogen-bond acceptors (Lipinski definition) is 6. The summed E-state index contributed by atoms with van der Waals surface area (Å²) in [7, 11) is 0. The van der Waals surface area contributed by atoms with Gasteiger partial charge in [-0.25, -0.2) is 0 Å². The van der Waals surface area contributed by atoms with Gasteiger partial charge in [0.25, 0.3) is 0 Å². The summed E-state index contributed by atoms with van der Waals surface area (Å²) in [4.78, 5) is 38.0. The fraction of sp³-hybridized carbons (Fsp3) is 0.521. The van der Waals surface area contributed by atoms with E-state index in [1.54, 1.807) is 0 Å². The summed E-state index contributed by atoms with van der Waals surface area (Å²) in [5, 5.41) is 0. The SMILES string of the molecule is CC/C=C\C/C=C\C/C=C\C/C=C\C/C=C\C/C=C\C/C=C\C/C=C\C/C=C\C/C=C\CCCCC(=O)OCC(COC(=O)CCCCCCCCC)OC(=O)CCCC/C=C\C/C=C\C/C=C\C/C=C\C/C=C\C/C=C\CC. The average molecular weight is 1080 g/mol. The Bertz CT molecular complexity index is 1920. The van der Waals surface area contributed by atoms with Gasteiger partial charge in [0.1, 0.15) is 13.2 Å². The van der Waals surface area contributed by atoms with Crippen molar-refractivity contribution in [3.63, 3.8) is 0 Å². The van der Waals surface area contributed by atoms with Crippen molar-refractivity contribution < 1.29 is 28.6 Å². The van der Waals surface area contributed by atoms with E-state index in [9.17, 15) is 14.4 Å². The first kappa shape index (κ1) is 73.2. The van der Waals surface area contributed by atoms with Crippen LogP contribution in [0.3, 0.4) is 0 Å². The third-order valence-electron chi connectivity index (χ3n) is 12.1. The maximum atomic E-state index is 12.8. The molecule has 0 radical (unpaired) electrons. The van der Waals surface area contributed by atoms with Crippen molar-refractivity contribution in [3.8, 4) is 0 Å². The first-order valence-corrected chi connectivity index (χ1v) is 30.9. The van der Waals surface area contributed by atoms with Crippen LogP contribution in [0.5, 0.6) is 0 Å². The van der Waals surface area contributed by atoms with E-state index in [4.69, 9.17) is 14.2 Å². The topological polar surface area (TPSA) is 78.9 Å². The van der Waals surface area contributed by atoms with Crippen LogP contribution in [-0.4, -0.2) is 37.2 Å². The summed E-state index contributed by atoms with van der Waals surface area (Å²) in [5.74, 6) is -1.03. The second-order valence-electron chi connectivity index (χ2n) is 19.5. The van der Waals surface area contributed by atoms with Gasteiger partial charge in [-0.2, -0.15) is 0 Å².